The fraction of sp³-hybridized carbons (Fsp3) is 0.364. The summed E-state index contributed by atoms with van der Waals surface area (Å²) in [6.45, 7) is -0.144. The van der Waals surface area contributed by atoms with E-state index in [1.807, 2.05) is 0 Å². The van der Waals surface area contributed by atoms with Crippen LogP contribution in [0.3, 0.4) is 0 Å². The first-order valence-electron chi connectivity index (χ1n) is 5.67. The Morgan fingerprint density at radius 1 is 1.40 bits per heavy atom. The molecule has 1 amide bonds. The number of sulfonamides is 1. The Kier molecular flexibility index (Phi) is 4.55. The number of nitrogens with zero attached hydrogens (tertiary/aromatic N) is 1. The van der Waals surface area contributed by atoms with Crippen molar-refractivity contribution in [2.75, 3.05) is 6.54 Å². The molecule has 1 aliphatic heterocycles. The van der Waals surface area contributed by atoms with Gasteiger partial charge in [-0.05, 0) is 34.1 Å². The maximum absolute atomic E-state index is 12.6. The second kappa shape index (κ2) is 5.72. The quantitative estimate of drug-likeness (QED) is 0.745. The van der Waals surface area contributed by atoms with Gasteiger partial charge in [0.1, 0.15) is 6.04 Å². The lowest BCUT2D eigenvalue weighted by atomic mass is 10.2. The van der Waals surface area contributed by atoms with Gasteiger partial charge in [0.05, 0.1) is 11.0 Å². The molecular formula is C11H12Br2N2O4S. The van der Waals surface area contributed by atoms with Gasteiger partial charge in [-0.25, -0.2) is 8.42 Å². The topological polar surface area (TPSA) is 101 Å². The predicted molar refractivity (Wildman–Crippen MR) is 79.3 cm³/mol. The highest BCUT2D eigenvalue weighted by atomic mass is 79.9. The standard InChI is InChI=1S/C11H12Br2N2O4S/c12-6-1-2-8(13)10(3-6)20(18,19)15-5-7(16)4-9(15)11(14)17/h1-3,7,9,16H,4-5H2,(H2,14,17). The molecule has 0 bridgehead atoms. The zero-order valence-corrected chi connectivity index (χ0v) is 14.2. The van der Waals surface area contributed by atoms with Crippen molar-refractivity contribution in [2.24, 2.45) is 5.73 Å². The van der Waals surface area contributed by atoms with Crippen LogP contribution < -0.4 is 5.73 Å². The molecule has 2 unspecified atom stereocenters. The van der Waals surface area contributed by atoms with Crippen LogP contribution in [0.4, 0.5) is 0 Å². The smallest absolute Gasteiger partial charge is 0.245 e. The van der Waals surface area contributed by atoms with E-state index in [-0.39, 0.29) is 17.9 Å². The molecule has 0 radical (unpaired) electrons. The Morgan fingerprint density at radius 3 is 2.65 bits per heavy atom. The van der Waals surface area contributed by atoms with Crippen molar-refractivity contribution in [3.63, 3.8) is 0 Å². The summed E-state index contributed by atoms with van der Waals surface area (Å²) < 4.78 is 27.2. The molecule has 1 aliphatic rings. The summed E-state index contributed by atoms with van der Waals surface area (Å²) in [5.74, 6) is -0.767. The normalized spacial score (nSPS) is 23.9. The van der Waals surface area contributed by atoms with E-state index in [1.165, 1.54) is 6.07 Å². The average molecular weight is 428 g/mol. The molecule has 0 aliphatic carbocycles. The largest absolute Gasteiger partial charge is 0.392 e. The third kappa shape index (κ3) is 2.91. The third-order valence-electron chi connectivity index (χ3n) is 3.04. The number of carbonyl (C=O) groups is 1. The van der Waals surface area contributed by atoms with E-state index >= 15 is 0 Å². The second-order valence-electron chi connectivity index (χ2n) is 4.46. The van der Waals surface area contributed by atoms with Crippen molar-refractivity contribution >= 4 is 47.8 Å². The van der Waals surface area contributed by atoms with Crippen LogP contribution in [0.1, 0.15) is 6.42 Å². The third-order valence-corrected chi connectivity index (χ3v) is 6.40. The molecule has 20 heavy (non-hydrogen) atoms. The van der Waals surface area contributed by atoms with Gasteiger partial charge in [0.15, 0.2) is 0 Å². The molecule has 1 saturated heterocycles. The van der Waals surface area contributed by atoms with Crippen molar-refractivity contribution in [1.82, 2.24) is 4.31 Å². The monoisotopic (exact) mass is 426 g/mol. The Balaban J connectivity index is 2.49. The van der Waals surface area contributed by atoms with Gasteiger partial charge in [-0.3, -0.25) is 4.79 Å². The molecular weight excluding hydrogens is 416 g/mol. The van der Waals surface area contributed by atoms with Crippen LogP contribution in [0.5, 0.6) is 0 Å². The van der Waals surface area contributed by atoms with E-state index in [2.05, 4.69) is 31.9 Å². The molecule has 1 fully saturated rings. The predicted octanol–water partition coefficient (Wildman–Crippen LogP) is 0.821. The Morgan fingerprint density at radius 2 is 2.05 bits per heavy atom. The van der Waals surface area contributed by atoms with Gasteiger partial charge in [-0.1, -0.05) is 15.9 Å². The first kappa shape index (κ1) is 15.9. The molecule has 1 aromatic rings. The molecule has 0 saturated carbocycles. The maximum Gasteiger partial charge on any atom is 0.245 e. The van der Waals surface area contributed by atoms with Crippen LogP contribution >= 0.6 is 31.9 Å². The van der Waals surface area contributed by atoms with E-state index in [4.69, 9.17) is 5.73 Å². The SMILES string of the molecule is NC(=O)C1CC(O)CN1S(=O)(=O)c1cc(Br)ccc1Br. The number of rotatable bonds is 3. The highest BCUT2D eigenvalue weighted by Crippen LogP contribution is 2.32. The van der Waals surface area contributed by atoms with Gasteiger partial charge >= 0.3 is 0 Å². The number of halogens is 2. The number of nitrogens with two attached hydrogens (primary N) is 1. The number of β-amino-alcohol motifs (C(OH)–C–C–N with tert-alkyl or cyclic N) is 1. The van der Waals surface area contributed by atoms with Crippen LogP contribution in [-0.2, 0) is 14.8 Å². The molecule has 9 heteroatoms. The maximum atomic E-state index is 12.6. The van der Waals surface area contributed by atoms with Crippen LogP contribution in [0, 0.1) is 0 Å². The minimum atomic E-state index is -3.92. The zero-order chi connectivity index (χ0) is 15.1. The zero-order valence-electron chi connectivity index (χ0n) is 10.2. The van der Waals surface area contributed by atoms with E-state index < -0.39 is 28.1 Å². The summed E-state index contributed by atoms with van der Waals surface area (Å²) in [5, 5.41) is 9.62. The molecule has 3 N–H and O–H groups in total. The number of carbonyl (C=O) groups excluding carboxylic acids is 1. The van der Waals surface area contributed by atoms with Crippen molar-refractivity contribution in [3.05, 3.63) is 27.1 Å². The number of benzene rings is 1. The Hall–Kier alpha value is -0.480. The van der Waals surface area contributed by atoms with E-state index in [0.29, 0.717) is 8.95 Å². The first-order valence-corrected chi connectivity index (χ1v) is 8.70. The molecule has 6 nitrogen and oxygen atoms in total. The molecule has 2 rings (SSSR count). The van der Waals surface area contributed by atoms with Crippen molar-refractivity contribution in [1.29, 1.82) is 0 Å². The molecule has 0 aromatic heterocycles. The lowest BCUT2D eigenvalue weighted by molar-refractivity contribution is -0.121. The van der Waals surface area contributed by atoms with Crippen LogP contribution in [0.15, 0.2) is 32.0 Å². The van der Waals surface area contributed by atoms with Gasteiger partial charge in [-0.15, -0.1) is 0 Å². The number of aliphatic hydroxyl groups excluding tert-OH is 1. The minimum Gasteiger partial charge on any atom is -0.392 e. The summed E-state index contributed by atoms with van der Waals surface area (Å²) in [6.07, 6.45) is -0.881. The first-order chi connectivity index (χ1) is 9.23. The fourth-order valence-corrected chi connectivity index (χ4v) is 5.22. The Labute approximate surface area is 133 Å². The highest BCUT2D eigenvalue weighted by Gasteiger charge is 2.43. The van der Waals surface area contributed by atoms with Gasteiger partial charge in [0, 0.05) is 21.9 Å². The lowest BCUT2D eigenvalue weighted by Crippen LogP contribution is -2.43. The summed E-state index contributed by atoms with van der Waals surface area (Å²) >= 11 is 6.39. The number of aliphatic hydroxyl groups is 1. The highest BCUT2D eigenvalue weighted by molar-refractivity contribution is 9.11. The number of primary amides is 1. The van der Waals surface area contributed by atoms with Gasteiger partial charge < -0.3 is 10.8 Å². The van der Waals surface area contributed by atoms with Gasteiger partial charge in [-0.2, -0.15) is 4.31 Å². The number of amides is 1. The molecule has 1 heterocycles. The molecule has 0 spiro atoms. The second-order valence-corrected chi connectivity index (χ2v) is 8.09. The van der Waals surface area contributed by atoms with E-state index in [9.17, 15) is 18.3 Å². The summed E-state index contributed by atoms with van der Waals surface area (Å²) in [5.41, 5.74) is 5.22. The lowest BCUT2D eigenvalue weighted by Gasteiger charge is -2.22. The fourth-order valence-electron chi connectivity index (χ4n) is 2.11. The molecule has 2 atom stereocenters. The number of hydrogen-bond acceptors (Lipinski definition) is 4. The molecule has 110 valence electrons. The van der Waals surface area contributed by atoms with E-state index in [1.54, 1.807) is 12.1 Å². The number of hydrogen-bond donors (Lipinski definition) is 2. The average Bonchev–Trinajstić information content (AvgIpc) is 2.75. The van der Waals surface area contributed by atoms with Crippen LogP contribution in [0.2, 0.25) is 0 Å². The van der Waals surface area contributed by atoms with Crippen molar-refractivity contribution < 1.29 is 18.3 Å². The van der Waals surface area contributed by atoms with Crippen molar-refractivity contribution in [3.8, 4) is 0 Å². The van der Waals surface area contributed by atoms with Crippen molar-refractivity contribution in [2.45, 2.75) is 23.5 Å². The van der Waals surface area contributed by atoms with E-state index in [0.717, 1.165) is 4.31 Å². The Bertz CT molecular complexity index is 650. The van der Waals surface area contributed by atoms with Crippen LogP contribution in [-0.4, -0.2) is 42.4 Å². The summed E-state index contributed by atoms with van der Waals surface area (Å²) in [7, 11) is -3.92. The van der Waals surface area contributed by atoms with Crippen LogP contribution in [0.25, 0.3) is 0 Å². The summed E-state index contributed by atoms with van der Waals surface area (Å²) in [6, 6.07) is 3.68. The molecule has 1 aromatic carbocycles. The minimum absolute atomic E-state index is 0.0141. The van der Waals surface area contributed by atoms with Gasteiger partial charge in [0.25, 0.3) is 0 Å². The summed E-state index contributed by atoms with van der Waals surface area (Å²) in [4.78, 5) is 11.4. The van der Waals surface area contributed by atoms with Gasteiger partial charge in [0.2, 0.25) is 15.9 Å².